The van der Waals surface area contributed by atoms with E-state index in [4.69, 9.17) is 0 Å². The molecule has 8 heteroatoms. The molecule has 1 fully saturated rings. The van der Waals surface area contributed by atoms with Gasteiger partial charge in [0.15, 0.2) is 0 Å². The number of likely N-dealkylation sites (tertiary alicyclic amines) is 1. The Balaban J connectivity index is 1.53. The number of hydrogen-bond acceptors (Lipinski definition) is 5. The molecule has 1 aliphatic heterocycles. The normalized spacial score (nSPS) is 15.2. The monoisotopic (exact) mass is 357 g/mol. The highest BCUT2D eigenvalue weighted by molar-refractivity contribution is 5.74. The van der Waals surface area contributed by atoms with Crippen LogP contribution in [0.5, 0.6) is 0 Å². The number of anilines is 1. The van der Waals surface area contributed by atoms with Crippen LogP contribution in [-0.2, 0) is 13.6 Å². The standard InChI is InChI=1S/C18H27N7O/c1-13-11-15(22-17(21-13)23(2)3)12-19-18(26)25-9-6-14(7-10-25)16-5-8-20-24(16)4/h5,8,11,14H,6-7,9-10,12H2,1-4H3,(H,19,26). The molecule has 1 saturated heterocycles. The zero-order valence-corrected chi connectivity index (χ0v) is 15.9. The third-order valence-electron chi connectivity index (χ3n) is 4.78. The van der Waals surface area contributed by atoms with Crippen molar-refractivity contribution in [2.24, 2.45) is 7.05 Å². The predicted octanol–water partition coefficient (Wildman–Crippen LogP) is 1.67. The fourth-order valence-corrected chi connectivity index (χ4v) is 3.35. The van der Waals surface area contributed by atoms with Gasteiger partial charge in [0, 0.05) is 57.7 Å². The van der Waals surface area contributed by atoms with Crippen LogP contribution in [0.2, 0.25) is 0 Å². The molecular formula is C18H27N7O. The summed E-state index contributed by atoms with van der Waals surface area (Å²) < 4.78 is 1.93. The number of nitrogens with one attached hydrogen (secondary N) is 1. The Morgan fingerprint density at radius 2 is 2.04 bits per heavy atom. The van der Waals surface area contributed by atoms with Gasteiger partial charge in [-0.15, -0.1) is 0 Å². The van der Waals surface area contributed by atoms with Crippen LogP contribution in [0.15, 0.2) is 18.3 Å². The van der Waals surface area contributed by atoms with Crippen molar-refractivity contribution in [3.8, 4) is 0 Å². The maximum Gasteiger partial charge on any atom is 0.317 e. The topological polar surface area (TPSA) is 79.2 Å². The molecule has 0 saturated carbocycles. The molecule has 0 spiro atoms. The number of amides is 2. The quantitative estimate of drug-likeness (QED) is 0.900. The first kappa shape index (κ1) is 18.2. The van der Waals surface area contributed by atoms with Gasteiger partial charge in [-0.05, 0) is 31.9 Å². The average Bonchev–Trinajstić information content (AvgIpc) is 3.05. The summed E-state index contributed by atoms with van der Waals surface area (Å²) in [5.41, 5.74) is 2.96. The third-order valence-corrected chi connectivity index (χ3v) is 4.78. The summed E-state index contributed by atoms with van der Waals surface area (Å²) in [5.74, 6) is 1.13. The van der Waals surface area contributed by atoms with Gasteiger partial charge in [0.2, 0.25) is 5.95 Å². The van der Waals surface area contributed by atoms with E-state index in [1.165, 1.54) is 5.69 Å². The SMILES string of the molecule is Cc1cc(CNC(=O)N2CCC(c3ccnn3C)CC2)nc(N(C)C)n1. The van der Waals surface area contributed by atoms with E-state index >= 15 is 0 Å². The van der Waals surface area contributed by atoms with Gasteiger partial charge < -0.3 is 15.1 Å². The second-order valence-electron chi connectivity index (χ2n) is 6.99. The molecule has 0 unspecified atom stereocenters. The van der Waals surface area contributed by atoms with E-state index in [0.29, 0.717) is 18.4 Å². The summed E-state index contributed by atoms with van der Waals surface area (Å²) in [7, 11) is 5.78. The van der Waals surface area contributed by atoms with Crippen LogP contribution < -0.4 is 10.2 Å². The largest absolute Gasteiger partial charge is 0.347 e. The molecular weight excluding hydrogens is 330 g/mol. The third kappa shape index (κ3) is 4.12. The number of carbonyl (C=O) groups excluding carboxylic acids is 1. The second-order valence-corrected chi connectivity index (χ2v) is 6.99. The molecule has 140 valence electrons. The lowest BCUT2D eigenvalue weighted by Crippen LogP contribution is -2.44. The number of piperidine rings is 1. The highest BCUT2D eigenvalue weighted by Crippen LogP contribution is 2.27. The van der Waals surface area contributed by atoms with Crippen molar-refractivity contribution in [2.45, 2.75) is 32.2 Å². The van der Waals surface area contributed by atoms with E-state index in [1.807, 2.05) is 54.8 Å². The summed E-state index contributed by atoms with van der Waals surface area (Å²) in [5, 5.41) is 7.23. The minimum atomic E-state index is -0.0314. The molecule has 0 aromatic carbocycles. The molecule has 8 nitrogen and oxygen atoms in total. The first-order valence-electron chi connectivity index (χ1n) is 8.96. The Morgan fingerprint density at radius 3 is 2.65 bits per heavy atom. The van der Waals surface area contributed by atoms with Crippen LogP contribution >= 0.6 is 0 Å². The fraction of sp³-hybridized carbons (Fsp3) is 0.556. The van der Waals surface area contributed by atoms with Crippen LogP contribution in [0.3, 0.4) is 0 Å². The number of aromatic nitrogens is 4. The smallest absolute Gasteiger partial charge is 0.317 e. The number of carbonyl (C=O) groups is 1. The van der Waals surface area contributed by atoms with Crippen molar-refractivity contribution < 1.29 is 4.79 Å². The highest BCUT2D eigenvalue weighted by Gasteiger charge is 2.25. The summed E-state index contributed by atoms with van der Waals surface area (Å²) in [6.45, 7) is 3.86. The number of hydrogen-bond donors (Lipinski definition) is 1. The first-order valence-corrected chi connectivity index (χ1v) is 8.96. The number of aryl methyl sites for hydroxylation is 2. The number of nitrogens with zero attached hydrogens (tertiary/aromatic N) is 6. The first-order chi connectivity index (χ1) is 12.4. The second kappa shape index (κ2) is 7.72. The van der Waals surface area contributed by atoms with Gasteiger partial charge in [-0.3, -0.25) is 4.68 Å². The van der Waals surface area contributed by atoms with Gasteiger partial charge in [0.05, 0.1) is 12.2 Å². The zero-order chi connectivity index (χ0) is 18.7. The summed E-state index contributed by atoms with van der Waals surface area (Å²) >= 11 is 0. The Bertz CT molecular complexity index is 763. The summed E-state index contributed by atoms with van der Waals surface area (Å²) in [4.78, 5) is 25.1. The molecule has 26 heavy (non-hydrogen) atoms. The summed E-state index contributed by atoms with van der Waals surface area (Å²) in [6.07, 6.45) is 3.76. The lowest BCUT2D eigenvalue weighted by Gasteiger charge is -2.32. The molecule has 2 amide bonds. The van der Waals surface area contributed by atoms with Gasteiger partial charge in [0.1, 0.15) is 0 Å². The molecule has 1 aliphatic rings. The van der Waals surface area contributed by atoms with Crippen molar-refractivity contribution in [1.82, 2.24) is 30.0 Å². The Labute approximate surface area is 154 Å². The number of urea groups is 1. The molecule has 3 heterocycles. The average molecular weight is 357 g/mol. The lowest BCUT2D eigenvalue weighted by atomic mass is 9.93. The lowest BCUT2D eigenvalue weighted by molar-refractivity contribution is 0.180. The Hall–Kier alpha value is -2.64. The van der Waals surface area contributed by atoms with Crippen molar-refractivity contribution in [2.75, 3.05) is 32.1 Å². The zero-order valence-electron chi connectivity index (χ0n) is 15.9. The Kier molecular flexibility index (Phi) is 5.39. The van der Waals surface area contributed by atoms with E-state index < -0.39 is 0 Å². The van der Waals surface area contributed by atoms with E-state index in [1.54, 1.807) is 0 Å². The minimum Gasteiger partial charge on any atom is -0.347 e. The van der Waals surface area contributed by atoms with Gasteiger partial charge >= 0.3 is 6.03 Å². The van der Waals surface area contributed by atoms with E-state index in [9.17, 15) is 4.79 Å². The maximum atomic E-state index is 12.5. The molecule has 0 radical (unpaired) electrons. The Morgan fingerprint density at radius 1 is 1.31 bits per heavy atom. The van der Waals surface area contributed by atoms with Crippen molar-refractivity contribution >= 4 is 12.0 Å². The van der Waals surface area contributed by atoms with Gasteiger partial charge in [0.25, 0.3) is 0 Å². The van der Waals surface area contributed by atoms with Crippen LogP contribution in [0, 0.1) is 6.92 Å². The van der Waals surface area contributed by atoms with Crippen molar-refractivity contribution in [3.05, 3.63) is 35.4 Å². The number of rotatable bonds is 4. The molecule has 0 atom stereocenters. The molecule has 2 aromatic rings. The fourth-order valence-electron chi connectivity index (χ4n) is 3.35. The highest BCUT2D eigenvalue weighted by atomic mass is 16.2. The van der Waals surface area contributed by atoms with Gasteiger partial charge in [-0.2, -0.15) is 5.10 Å². The van der Waals surface area contributed by atoms with E-state index in [0.717, 1.165) is 37.3 Å². The van der Waals surface area contributed by atoms with Crippen LogP contribution in [0.1, 0.15) is 35.8 Å². The van der Waals surface area contributed by atoms with Gasteiger partial charge in [-0.25, -0.2) is 14.8 Å². The van der Waals surface area contributed by atoms with E-state index in [-0.39, 0.29) is 6.03 Å². The minimum absolute atomic E-state index is 0.0314. The van der Waals surface area contributed by atoms with Crippen LogP contribution in [0.25, 0.3) is 0 Å². The molecule has 1 N–H and O–H groups in total. The van der Waals surface area contributed by atoms with Crippen LogP contribution in [-0.4, -0.2) is 57.9 Å². The van der Waals surface area contributed by atoms with Crippen LogP contribution in [0.4, 0.5) is 10.7 Å². The maximum absolute atomic E-state index is 12.5. The molecule has 0 aliphatic carbocycles. The predicted molar refractivity (Wildman–Crippen MR) is 100 cm³/mol. The molecule has 3 rings (SSSR count). The van der Waals surface area contributed by atoms with Crippen molar-refractivity contribution in [1.29, 1.82) is 0 Å². The van der Waals surface area contributed by atoms with E-state index in [2.05, 4.69) is 26.4 Å². The summed E-state index contributed by atoms with van der Waals surface area (Å²) in [6, 6.07) is 3.94. The molecule has 2 aromatic heterocycles. The van der Waals surface area contributed by atoms with Crippen molar-refractivity contribution in [3.63, 3.8) is 0 Å². The van der Waals surface area contributed by atoms with Gasteiger partial charge in [-0.1, -0.05) is 0 Å². The molecule has 0 bridgehead atoms.